The fourth-order valence-electron chi connectivity index (χ4n) is 1.83. The number of pyridine rings is 1. The van der Waals surface area contributed by atoms with E-state index in [0.717, 1.165) is 31.6 Å². The van der Waals surface area contributed by atoms with Gasteiger partial charge in [0.1, 0.15) is 5.82 Å². The lowest BCUT2D eigenvalue weighted by Crippen LogP contribution is -2.24. The van der Waals surface area contributed by atoms with Crippen molar-refractivity contribution in [2.45, 2.75) is 33.1 Å². The van der Waals surface area contributed by atoms with Crippen LogP contribution in [0.1, 0.15) is 42.4 Å². The van der Waals surface area contributed by atoms with Crippen LogP contribution in [0.15, 0.2) is 18.3 Å². The highest BCUT2D eigenvalue weighted by Gasteiger charge is 2.07. The Morgan fingerprint density at radius 2 is 2.22 bits per heavy atom. The van der Waals surface area contributed by atoms with Crippen LogP contribution in [-0.4, -0.2) is 27.0 Å². The number of unbranched alkanes of at least 4 members (excludes halogenated alkanes) is 2. The zero-order valence-corrected chi connectivity index (χ0v) is 10.8. The molecular formula is C13H18N4O. The molecule has 0 spiro atoms. The number of carbonyl (C=O) groups is 1. The van der Waals surface area contributed by atoms with E-state index in [1.165, 1.54) is 0 Å². The molecule has 5 nitrogen and oxygen atoms in total. The molecule has 0 saturated carbocycles. The van der Waals surface area contributed by atoms with Gasteiger partial charge in [0.2, 0.25) is 0 Å². The molecule has 0 unspecified atom stereocenters. The molecule has 0 aliphatic carbocycles. The SMILES string of the molecule is CCCCCNC(=O)c1ccn2c(C)nnc2c1. The van der Waals surface area contributed by atoms with Crippen molar-refractivity contribution in [1.82, 2.24) is 19.9 Å². The number of nitrogens with one attached hydrogen (secondary N) is 1. The van der Waals surface area contributed by atoms with Gasteiger partial charge in [0.25, 0.3) is 5.91 Å². The highest BCUT2D eigenvalue weighted by molar-refractivity contribution is 5.94. The number of carbonyl (C=O) groups excluding carboxylic acids is 1. The second kappa shape index (κ2) is 5.62. The summed E-state index contributed by atoms with van der Waals surface area (Å²) >= 11 is 0. The third-order valence-electron chi connectivity index (χ3n) is 2.91. The van der Waals surface area contributed by atoms with Crippen molar-refractivity contribution < 1.29 is 4.79 Å². The minimum absolute atomic E-state index is 0.0470. The molecule has 1 N–H and O–H groups in total. The van der Waals surface area contributed by atoms with Gasteiger partial charge in [-0.3, -0.25) is 9.20 Å². The van der Waals surface area contributed by atoms with Crippen molar-refractivity contribution in [3.63, 3.8) is 0 Å². The van der Waals surface area contributed by atoms with Crippen LogP contribution < -0.4 is 5.32 Å². The summed E-state index contributed by atoms with van der Waals surface area (Å²) in [6, 6.07) is 3.55. The lowest BCUT2D eigenvalue weighted by atomic mass is 10.2. The van der Waals surface area contributed by atoms with Crippen LogP contribution in [0, 0.1) is 6.92 Å². The molecule has 0 aliphatic heterocycles. The predicted molar refractivity (Wildman–Crippen MR) is 69.6 cm³/mol. The molecule has 0 saturated heterocycles. The van der Waals surface area contributed by atoms with E-state index in [4.69, 9.17) is 0 Å². The average molecular weight is 246 g/mol. The summed E-state index contributed by atoms with van der Waals surface area (Å²) in [6.45, 7) is 4.75. The number of fused-ring (bicyclic) bond motifs is 1. The van der Waals surface area contributed by atoms with Gasteiger partial charge in [0.15, 0.2) is 5.65 Å². The Kier molecular flexibility index (Phi) is 3.92. The van der Waals surface area contributed by atoms with E-state index in [-0.39, 0.29) is 5.91 Å². The quantitative estimate of drug-likeness (QED) is 0.820. The summed E-state index contributed by atoms with van der Waals surface area (Å²) in [5.41, 5.74) is 1.33. The summed E-state index contributed by atoms with van der Waals surface area (Å²) in [6.07, 6.45) is 5.14. The van der Waals surface area contributed by atoms with Crippen molar-refractivity contribution in [3.8, 4) is 0 Å². The van der Waals surface area contributed by atoms with Gasteiger partial charge >= 0.3 is 0 Å². The van der Waals surface area contributed by atoms with Gasteiger partial charge in [-0.1, -0.05) is 19.8 Å². The van der Waals surface area contributed by atoms with E-state index in [9.17, 15) is 4.79 Å². The van der Waals surface area contributed by atoms with Crippen LogP contribution >= 0.6 is 0 Å². The zero-order valence-electron chi connectivity index (χ0n) is 10.8. The van der Waals surface area contributed by atoms with Crippen molar-refractivity contribution >= 4 is 11.6 Å². The molecule has 0 atom stereocenters. The van der Waals surface area contributed by atoms with Gasteiger partial charge in [-0.05, 0) is 25.5 Å². The first-order valence-corrected chi connectivity index (χ1v) is 6.32. The molecule has 5 heteroatoms. The third kappa shape index (κ3) is 2.67. The fraction of sp³-hybridized carbons (Fsp3) is 0.462. The maximum absolute atomic E-state index is 11.9. The summed E-state index contributed by atoms with van der Waals surface area (Å²) in [7, 11) is 0. The largest absolute Gasteiger partial charge is 0.352 e. The summed E-state index contributed by atoms with van der Waals surface area (Å²) in [5.74, 6) is 0.772. The Morgan fingerprint density at radius 1 is 1.39 bits per heavy atom. The summed E-state index contributed by atoms with van der Waals surface area (Å²) < 4.78 is 1.86. The Balaban J connectivity index is 2.04. The van der Waals surface area contributed by atoms with Gasteiger partial charge in [0.05, 0.1) is 0 Å². The minimum atomic E-state index is -0.0470. The Morgan fingerprint density at radius 3 is 3.00 bits per heavy atom. The molecule has 0 aliphatic rings. The van der Waals surface area contributed by atoms with Crippen LogP contribution in [-0.2, 0) is 0 Å². The third-order valence-corrected chi connectivity index (χ3v) is 2.91. The maximum atomic E-state index is 11.9. The first-order valence-electron chi connectivity index (χ1n) is 6.32. The molecule has 2 aromatic rings. The highest BCUT2D eigenvalue weighted by atomic mass is 16.1. The van der Waals surface area contributed by atoms with E-state index in [1.807, 2.05) is 17.5 Å². The molecule has 0 fully saturated rings. The minimum Gasteiger partial charge on any atom is -0.352 e. The molecule has 0 bridgehead atoms. The molecular weight excluding hydrogens is 228 g/mol. The topological polar surface area (TPSA) is 59.3 Å². The van der Waals surface area contributed by atoms with E-state index >= 15 is 0 Å². The van der Waals surface area contributed by atoms with Crippen molar-refractivity contribution in [3.05, 3.63) is 29.7 Å². The lowest BCUT2D eigenvalue weighted by molar-refractivity contribution is 0.0953. The molecule has 18 heavy (non-hydrogen) atoms. The van der Waals surface area contributed by atoms with E-state index in [2.05, 4.69) is 22.4 Å². The number of aromatic nitrogens is 3. The van der Waals surface area contributed by atoms with Crippen LogP contribution in [0.4, 0.5) is 0 Å². The maximum Gasteiger partial charge on any atom is 0.251 e. The number of aryl methyl sites for hydroxylation is 1. The Labute approximate surface area is 106 Å². The van der Waals surface area contributed by atoms with E-state index < -0.39 is 0 Å². The predicted octanol–water partition coefficient (Wildman–Crippen LogP) is 1.96. The summed E-state index contributed by atoms with van der Waals surface area (Å²) in [4.78, 5) is 11.9. The number of hydrogen-bond donors (Lipinski definition) is 1. The Bertz CT molecular complexity index is 547. The molecule has 0 aromatic carbocycles. The van der Waals surface area contributed by atoms with Crippen LogP contribution in [0.5, 0.6) is 0 Å². The standard InChI is InChI=1S/C13H18N4O/c1-3-4-5-7-14-13(18)11-6-8-17-10(2)15-16-12(17)9-11/h6,8-9H,3-5,7H2,1-2H3,(H,14,18). The van der Waals surface area contributed by atoms with E-state index in [1.54, 1.807) is 12.1 Å². The molecule has 1 amide bonds. The highest BCUT2D eigenvalue weighted by Crippen LogP contribution is 2.06. The normalized spacial score (nSPS) is 10.8. The molecule has 2 aromatic heterocycles. The van der Waals surface area contributed by atoms with Gasteiger partial charge in [0, 0.05) is 18.3 Å². The van der Waals surface area contributed by atoms with Crippen molar-refractivity contribution in [2.24, 2.45) is 0 Å². The first-order chi connectivity index (χ1) is 8.72. The second-order valence-electron chi connectivity index (χ2n) is 4.35. The Hall–Kier alpha value is -1.91. The van der Waals surface area contributed by atoms with Crippen molar-refractivity contribution in [2.75, 3.05) is 6.54 Å². The molecule has 2 heterocycles. The van der Waals surface area contributed by atoms with Crippen LogP contribution in [0.3, 0.4) is 0 Å². The van der Waals surface area contributed by atoms with Crippen molar-refractivity contribution in [1.29, 1.82) is 0 Å². The number of hydrogen-bond acceptors (Lipinski definition) is 3. The number of rotatable bonds is 5. The number of amides is 1. The summed E-state index contributed by atoms with van der Waals surface area (Å²) in [5, 5.41) is 10.9. The number of nitrogens with zero attached hydrogens (tertiary/aromatic N) is 3. The molecule has 2 rings (SSSR count). The smallest absolute Gasteiger partial charge is 0.251 e. The van der Waals surface area contributed by atoms with Gasteiger partial charge in [-0.25, -0.2) is 0 Å². The lowest BCUT2D eigenvalue weighted by Gasteiger charge is -2.05. The second-order valence-corrected chi connectivity index (χ2v) is 4.35. The fourth-order valence-corrected chi connectivity index (χ4v) is 1.83. The molecule has 96 valence electrons. The first kappa shape index (κ1) is 12.5. The van der Waals surface area contributed by atoms with E-state index in [0.29, 0.717) is 11.2 Å². The van der Waals surface area contributed by atoms with Crippen LogP contribution in [0.25, 0.3) is 5.65 Å². The average Bonchev–Trinajstić information content (AvgIpc) is 2.76. The molecule has 0 radical (unpaired) electrons. The van der Waals surface area contributed by atoms with Gasteiger partial charge in [-0.15, -0.1) is 10.2 Å². The van der Waals surface area contributed by atoms with Gasteiger partial charge < -0.3 is 5.32 Å². The monoisotopic (exact) mass is 246 g/mol. The van der Waals surface area contributed by atoms with Gasteiger partial charge in [-0.2, -0.15) is 0 Å². The zero-order chi connectivity index (χ0) is 13.0. The van der Waals surface area contributed by atoms with Crippen LogP contribution in [0.2, 0.25) is 0 Å².